The minimum atomic E-state index is 0.529. The van der Waals surface area contributed by atoms with Gasteiger partial charge in [0, 0.05) is 76.6 Å². The lowest BCUT2D eigenvalue weighted by Gasteiger charge is -2.16. The number of hydrogen-bond donors (Lipinski definition) is 0. The number of rotatable bonds is 22. The number of allylic oxidation sites excluding steroid dienone is 2. The van der Waals surface area contributed by atoms with E-state index >= 15 is 0 Å². The fraction of sp³-hybridized carbons (Fsp3) is 0.167. The SMILES string of the molecule is C#CC#CC#CC#CC#COc1ccc(-c2cc(/C=C/c3ccc(/C=C/c4cc(OC)c(C)cc4-c4cccc(OC#CC#CC#CC#CC#C)c4)cc3-c3cccc(OC#CC#CC#CC#CC#C)c3)ccc2/C=C/C)cc1.C/C=C/c1cc(OC)c(C)cc1OCCC(C)CCCC(C)C. The summed E-state index contributed by atoms with van der Waals surface area (Å²) in [4.78, 5) is 0. The Morgan fingerprint density at radius 2 is 0.784 bits per heavy atom. The molecule has 7 aromatic rings. The first kappa shape index (κ1) is 76.7. The van der Waals surface area contributed by atoms with Crippen molar-refractivity contribution in [3.8, 4) is 248 Å². The van der Waals surface area contributed by atoms with Crippen LogP contribution >= 0.6 is 0 Å². The lowest BCUT2D eigenvalue weighted by atomic mass is 9.93. The van der Waals surface area contributed by atoms with Gasteiger partial charge in [0.05, 0.1) is 20.8 Å². The summed E-state index contributed by atoms with van der Waals surface area (Å²) < 4.78 is 34.4. The maximum atomic E-state index is 6.06. The van der Waals surface area contributed by atoms with Gasteiger partial charge in [-0.3, -0.25) is 0 Å². The number of terminal acetylenes is 3. The molecule has 492 valence electrons. The molecule has 0 amide bonds. The van der Waals surface area contributed by atoms with E-state index in [1.54, 1.807) is 14.2 Å². The van der Waals surface area contributed by atoms with E-state index in [2.05, 4.69) is 279 Å². The first-order valence-corrected chi connectivity index (χ1v) is 32.5. The molecule has 1 atom stereocenters. The predicted octanol–water partition coefficient (Wildman–Crippen LogP) is 18.6. The Hall–Kier alpha value is -14.3. The summed E-state index contributed by atoms with van der Waals surface area (Å²) >= 11 is 0. The van der Waals surface area contributed by atoms with E-state index in [-0.39, 0.29) is 0 Å². The molecule has 0 N–H and O–H groups in total. The Morgan fingerprint density at radius 3 is 1.26 bits per heavy atom. The number of aryl methyl sites for hydroxylation is 2. The van der Waals surface area contributed by atoms with Crippen LogP contribution in [0.15, 0.2) is 146 Å². The van der Waals surface area contributed by atoms with Crippen LogP contribution in [0.25, 0.3) is 69.8 Å². The summed E-state index contributed by atoms with van der Waals surface area (Å²) in [5.74, 6) is 65.9. The lowest BCUT2D eigenvalue weighted by Crippen LogP contribution is -2.06. The molecule has 0 bridgehead atoms. The van der Waals surface area contributed by atoms with Gasteiger partial charge in [-0.1, -0.05) is 149 Å². The van der Waals surface area contributed by atoms with Gasteiger partial charge >= 0.3 is 0 Å². The highest BCUT2D eigenvalue weighted by Crippen LogP contribution is 2.36. The van der Waals surface area contributed by atoms with Gasteiger partial charge in [0.25, 0.3) is 0 Å². The summed E-state index contributed by atoms with van der Waals surface area (Å²) in [6, 6.07) is 44.0. The quantitative estimate of drug-likeness (QED) is 0.0498. The number of methoxy groups -OCH3 is 2. The smallest absolute Gasteiger partial charge is 0.140 e. The molecule has 6 heteroatoms. The molecule has 1 unspecified atom stereocenters. The van der Waals surface area contributed by atoms with Crippen molar-refractivity contribution >= 4 is 36.5 Å². The molecular formula is C96H72O6. The van der Waals surface area contributed by atoms with Crippen molar-refractivity contribution in [3.05, 3.63) is 190 Å². The van der Waals surface area contributed by atoms with Crippen molar-refractivity contribution < 1.29 is 28.4 Å². The second-order valence-electron chi connectivity index (χ2n) is 22.4. The van der Waals surface area contributed by atoms with E-state index in [0.29, 0.717) is 17.2 Å². The average Bonchev–Trinajstić information content (AvgIpc) is 0.823. The molecule has 0 radical (unpaired) electrons. The van der Waals surface area contributed by atoms with Crippen LogP contribution in [0, 0.1) is 205 Å². The van der Waals surface area contributed by atoms with E-state index in [4.69, 9.17) is 47.7 Å². The Labute approximate surface area is 605 Å². The first-order chi connectivity index (χ1) is 49.9. The Bertz CT molecular complexity index is 5260. The molecule has 6 nitrogen and oxygen atoms in total. The lowest BCUT2D eigenvalue weighted by molar-refractivity contribution is 0.274. The van der Waals surface area contributed by atoms with E-state index < -0.39 is 0 Å². The largest absolute Gasteiger partial charge is 0.496 e. The van der Waals surface area contributed by atoms with E-state index in [1.807, 2.05) is 112 Å². The summed E-state index contributed by atoms with van der Waals surface area (Å²) in [6.45, 7) is 15.8. The van der Waals surface area contributed by atoms with Crippen LogP contribution in [-0.2, 0) is 0 Å². The van der Waals surface area contributed by atoms with Crippen molar-refractivity contribution in [3.63, 3.8) is 0 Å². The minimum absolute atomic E-state index is 0.529. The molecule has 7 rings (SSSR count). The summed E-state index contributed by atoms with van der Waals surface area (Å²) in [7, 11) is 3.37. The Balaban J connectivity index is 0.000000603. The highest BCUT2D eigenvalue weighted by molar-refractivity contribution is 5.88. The molecule has 0 aliphatic carbocycles. The Kier molecular flexibility index (Phi) is 33.4. The van der Waals surface area contributed by atoms with Crippen LogP contribution in [0.3, 0.4) is 0 Å². The molecule has 7 aromatic carbocycles. The van der Waals surface area contributed by atoms with Gasteiger partial charge in [-0.25, -0.2) is 0 Å². The molecule has 102 heavy (non-hydrogen) atoms. The molecule has 0 heterocycles. The molecule has 0 spiro atoms. The van der Waals surface area contributed by atoms with E-state index in [1.165, 1.54) is 19.3 Å². The third kappa shape index (κ3) is 27.1. The predicted molar refractivity (Wildman–Crippen MR) is 422 cm³/mol. The van der Waals surface area contributed by atoms with Crippen molar-refractivity contribution in [2.45, 2.75) is 74.1 Å². The topological polar surface area (TPSA) is 55.4 Å². The summed E-state index contributed by atoms with van der Waals surface area (Å²) in [5, 5.41) is 0. The molecule has 0 aliphatic heterocycles. The zero-order valence-corrected chi connectivity index (χ0v) is 58.7. The molecule has 0 fully saturated rings. The fourth-order valence-electron chi connectivity index (χ4n) is 9.79. The van der Waals surface area contributed by atoms with Gasteiger partial charge in [-0.2, -0.15) is 0 Å². The van der Waals surface area contributed by atoms with Gasteiger partial charge < -0.3 is 28.4 Å². The van der Waals surface area contributed by atoms with E-state index in [0.717, 1.165) is 120 Å². The molecule has 0 saturated heterocycles. The minimum Gasteiger partial charge on any atom is -0.496 e. The maximum Gasteiger partial charge on any atom is 0.140 e. The van der Waals surface area contributed by atoms with Crippen LogP contribution in [-0.4, -0.2) is 20.8 Å². The Morgan fingerprint density at radius 1 is 0.363 bits per heavy atom. The van der Waals surface area contributed by atoms with Crippen molar-refractivity contribution in [1.29, 1.82) is 0 Å². The summed E-state index contributed by atoms with van der Waals surface area (Å²) in [5.41, 5.74) is 13.8. The normalized spacial score (nSPS) is 9.72. The van der Waals surface area contributed by atoms with Gasteiger partial charge in [0.15, 0.2) is 0 Å². The zero-order chi connectivity index (χ0) is 72.8. The van der Waals surface area contributed by atoms with Crippen LogP contribution in [0.4, 0.5) is 0 Å². The standard InChI is InChI=1S/C75H38O4.C21H34O2/c1-7-11-14-17-20-23-26-29-51-77-69-49-47-65(48-50-69)73-55-61(39-43-63(73)34-10-4)40-44-64-45-41-62(56-74(64)67-36-33-38-71(58-67)79-53-31-28-25-22-19-16-13-9-3)42-46-68-59-75(76-6)60(5)54-72(68)66-35-32-37-70(57-66)78-52-30-27-24-21-18-15-12-8-2;1-7-9-19-15-20(22-6)18(5)14-21(19)23-13-12-17(4)11-8-10-16(2)3/h1-3,10,32-50,54-59H,4-6H3;7,9,14-17H,8,10-13H2,1-6H3/b34-10+,44-40+,46-42+;9-7+. The summed E-state index contributed by atoms with van der Waals surface area (Å²) in [6.07, 6.45) is 44.8. The number of benzene rings is 7. The second-order valence-corrected chi connectivity index (χ2v) is 22.4. The van der Waals surface area contributed by atoms with Crippen molar-refractivity contribution in [2.75, 3.05) is 20.8 Å². The third-order valence-corrected chi connectivity index (χ3v) is 14.7. The van der Waals surface area contributed by atoms with Crippen LogP contribution < -0.4 is 28.4 Å². The van der Waals surface area contributed by atoms with Gasteiger partial charge in [-0.05, 0) is 262 Å². The fourth-order valence-corrected chi connectivity index (χ4v) is 9.79. The maximum absolute atomic E-state index is 6.06. The van der Waals surface area contributed by atoms with Gasteiger partial charge in [0.1, 0.15) is 52.8 Å². The van der Waals surface area contributed by atoms with Crippen LogP contribution in [0.1, 0.15) is 105 Å². The molecule has 0 aliphatic rings. The number of ether oxygens (including phenoxy) is 6. The highest BCUT2D eigenvalue weighted by atomic mass is 16.5. The van der Waals surface area contributed by atoms with Crippen LogP contribution in [0.5, 0.6) is 34.5 Å². The zero-order valence-electron chi connectivity index (χ0n) is 58.7. The molecule has 0 aromatic heterocycles. The van der Waals surface area contributed by atoms with Gasteiger partial charge in [0.2, 0.25) is 0 Å². The van der Waals surface area contributed by atoms with Crippen molar-refractivity contribution in [2.24, 2.45) is 11.8 Å². The second kappa shape index (κ2) is 44.4. The van der Waals surface area contributed by atoms with E-state index in [9.17, 15) is 0 Å². The van der Waals surface area contributed by atoms with Crippen molar-refractivity contribution in [1.82, 2.24) is 0 Å². The molecule has 0 saturated carbocycles. The van der Waals surface area contributed by atoms with Crippen LogP contribution in [0.2, 0.25) is 0 Å². The average molecular weight is 1320 g/mol. The molecular weight excluding hydrogens is 1250 g/mol. The third-order valence-electron chi connectivity index (χ3n) is 14.7. The number of hydrogen-bond acceptors (Lipinski definition) is 6. The highest BCUT2D eigenvalue weighted by Gasteiger charge is 2.14. The van der Waals surface area contributed by atoms with Gasteiger partial charge in [-0.15, -0.1) is 19.3 Å². The monoisotopic (exact) mass is 1320 g/mol. The first-order valence-electron chi connectivity index (χ1n) is 32.5.